The van der Waals surface area contributed by atoms with Crippen LogP contribution in [0.25, 0.3) is 0 Å². The molecule has 0 saturated heterocycles. The van der Waals surface area contributed by atoms with E-state index in [1.165, 1.54) is 11.3 Å². The molecule has 0 aliphatic heterocycles. The van der Waals surface area contributed by atoms with E-state index in [4.69, 9.17) is 9.47 Å². The molecule has 0 saturated carbocycles. The van der Waals surface area contributed by atoms with Crippen molar-refractivity contribution in [3.8, 4) is 0 Å². The van der Waals surface area contributed by atoms with Crippen LogP contribution in [0.5, 0.6) is 0 Å². The Balaban J connectivity index is 1.99. The Morgan fingerprint density at radius 1 is 1.03 bits per heavy atom. The van der Waals surface area contributed by atoms with E-state index in [-0.39, 0.29) is 13.0 Å². The standard InChI is InChI=1S/C22H27NO5S/c1-6-17-15(5)20(22(26)27-7-2)21(29-17)23-18(24)12-28-19(25)11-16-9-8-13(3)14(4)10-16/h8-10H,6-7,11-12H2,1-5H3,(H,23,24). The van der Waals surface area contributed by atoms with Gasteiger partial charge in [0, 0.05) is 4.88 Å². The van der Waals surface area contributed by atoms with Gasteiger partial charge in [-0.15, -0.1) is 11.3 Å². The van der Waals surface area contributed by atoms with Crippen molar-refractivity contribution < 1.29 is 23.9 Å². The number of thiophene rings is 1. The van der Waals surface area contributed by atoms with Gasteiger partial charge in [-0.25, -0.2) is 4.79 Å². The van der Waals surface area contributed by atoms with E-state index in [1.54, 1.807) is 6.92 Å². The average molecular weight is 418 g/mol. The zero-order valence-corrected chi connectivity index (χ0v) is 18.3. The lowest BCUT2D eigenvalue weighted by Crippen LogP contribution is -2.22. The molecule has 0 unspecified atom stereocenters. The summed E-state index contributed by atoms with van der Waals surface area (Å²) in [5.74, 6) is -1.44. The Hall–Kier alpha value is -2.67. The maximum atomic E-state index is 12.3. The SMILES string of the molecule is CCOC(=O)c1c(NC(=O)COC(=O)Cc2ccc(C)c(C)c2)sc(CC)c1C. The molecular formula is C22H27NO5S. The Labute approximate surface area is 175 Å². The van der Waals surface area contributed by atoms with Crippen molar-refractivity contribution >= 4 is 34.2 Å². The molecule has 0 spiro atoms. The summed E-state index contributed by atoms with van der Waals surface area (Å²) in [7, 11) is 0. The molecule has 156 valence electrons. The summed E-state index contributed by atoms with van der Waals surface area (Å²) in [4.78, 5) is 37.6. The van der Waals surface area contributed by atoms with Crippen LogP contribution in [0.1, 0.15) is 51.3 Å². The number of hydrogen-bond donors (Lipinski definition) is 1. The summed E-state index contributed by atoms with van der Waals surface area (Å²) in [5, 5.41) is 3.11. The van der Waals surface area contributed by atoms with Gasteiger partial charge in [-0.05, 0) is 56.4 Å². The molecule has 2 aromatic rings. The van der Waals surface area contributed by atoms with E-state index in [1.807, 2.05) is 45.9 Å². The summed E-state index contributed by atoms with van der Waals surface area (Å²) >= 11 is 1.34. The second-order valence-electron chi connectivity index (χ2n) is 6.73. The molecule has 7 heteroatoms. The molecular weight excluding hydrogens is 390 g/mol. The van der Waals surface area contributed by atoms with Gasteiger partial charge in [0.05, 0.1) is 18.6 Å². The van der Waals surface area contributed by atoms with Gasteiger partial charge in [0.2, 0.25) is 0 Å². The van der Waals surface area contributed by atoms with Crippen molar-refractivity contribution in [2.75, 3.05) is 18.5 Å². The minimum atomic E-state index is -0.493. The number of carbonyl (C=O) groups is 3. The quantitative estimate of drug-likeness (QED) is 0.653. The summed E-state index contributed by atoms with van der Waals surface area (Å²) in [6.07, 6.45) is 0.838. The van der Waals surface area contributed by atoms with Crippen molar-refractivity contribution in [3.63, 3.8) is 0 Å². The Kier molecular flexibility index (Phi) is 7.96. The van der Waals surface area contributed by atoms with Gasteiger partial charge in [-0.1, -0.05) is 25.1 Å². The lowest BCUT2D eigenvalue weighted by Gasteiger charge is -2.08. The van der Waals surface area contributed by atoms with Crippen LogP contribution in [0.2, 0.25) is 0 Å². The minimum absolute atomic E-state index is 0.0978. The number of benzene rings is 1. The molecule has 2 rings (SSSR count). The van der Waals surface area contributed by atoms with Crippen molar-refractivity contribution in [3.05, 3.63) is 50.9 Å². The first-order valence-corrected chi connectivity index (χ1v) is 10.4. The smallest absolute Gasteiger partial charge is 0.341 e. The van der Waals surface area contributed by atoms with Crippen LogP contribution in [0, 0.1) is 20.8 Å². The first-order chi connectivity index (χ1) is 13.8. The zero-order chi connectivity index (χ0) is 21.6. The van der Waals surface area contributed by atoms with Crippen LogP contribution in [0.4, 0.5) is 5.00 Å². The minimum Gasteiger partial charge on any atom is -0.462 e. The first-order valence-electron chi connectivity index (χ1n) is 9.57. The zero-order valence-electron chi connectivity index (χ0n) is 17.5. The molecule has 0 fully saturated rings. The van der Waals surface area contributed by atoms with Crippen molar-refractivity contribution in [1.29, 1.82) is 0 Å². The van der Waals surface area contributed by atoms with E-state index in [2.05, 4.69) is 5.32 Å². The van der Waals surface area contributed by atoms with E-state index in [0.29, 0.717) is 10.6 Å². The first kappa shape index (κ1) is 22.6. The van der Waals surface area contributed by atoms with Gasteiger partial charge < -0.3 is 14.8 Å². The molecule has 1 amide bonds. The summed E-state index contributed by atoms with van der Waals surface area (Å²) in [6.45, 7) is 9.36. The normalized spacial score (nSPS) is 10.5. The number of anilines is 1. The largest absolute Gasteiger partial charge is 0.462 e. The Morgan fingerprint density at radius 2 is 1.76 bits per heavy atom. The molecule has 0 aliphatic carbocycles. The maximum absolute atomic E-state index is 12.3. The van der Waals surface area contributed by atoms with Gasteiger partial charge in [0.15, 0.2) is 6.61 Å². The topological polar surface area (TPSA) is 81.7 Å². The van der Waals surface area contributed by atoms with Crippen LogP contribution in [0.3, 0.4) is 0 Å². The Bertz CT molecular complexity index is 916. The van der Waals surface area contributed by atoms with E-state index < -0.39 is 24.5 Å². The summed E-state index contributed by atoms with van der Waals surface area (Å²) in [6, 6.07) is 5.75. The number of amides is 1. The third kappa shape index (κ3) is 5.90. The monoisotopic (exact) mass is 417 g/mol. The van der Waals surface area contributed by atoms with Crippen molar-refractivity contribution in [2.24, 2.45) is 0 Å². The highest BCUT2D eigenvalue weighted by molar-refractivity contribution is 7.17. The third-order valence-electron chi connectivity index (χ3n) is 4.58. The molecule has 0 radical (unpaired) electrons. The summed E-state index contributed by atoms with van der Waals surface area (Å²) in [5.41, 5.74) is 4.25. The van der Waals surface area contributed by atoms with Crippen molar-refractivity contribution in [1.82, 2.24) is 0 Å². The van der Waals surface area contributed by atoms with E-state index in [9.17, 15) is 14.4 Å². The van der Waals surface area contributed by atoms with Gasteiger partial charge in [0.25, 0.3) is 5.91 Å². The summed E-state index contributed by atoms with van der Waals surface area (Å²) < 4.78 is 10.2. The highest BCUT2D eigenvalue weighted by Crippen LogP contribution is 2.34. The second kappa shape index (κ2) is 10.2. The highest BCUT2D eigenvalue weighted by Gasteiger charge is 2.23. The lowest BCUT2D eigenvalue weighted by atomic mass is 10.0. The molecule has 1 aromatic carbocycles. The number of esters is 2. The molecule has 0 bridgehead atoms. The molecule has 0 atom stereocenters. The molecule has 1 N–H and O–H groups in total. The number of aryl methyl sites for hydroxylation is 3. The number of carbonyl (C=O) groups excluding carboxylic acids is 3. The van der Waals surface area contributed by atoms with Crippen LogP contribution >= 0.6 is 11.3 Å². The van der Waals surface area contributed by atoms with Gasteiger partial charge in [-0.3, -0.25) is 9.59 Å². The molecule has 6 nitrogen and oxygen atoms in total. The van der Waals surface area contributed by atoms with Crippen LogP contribution in [-0.2, 0) is 31.9 Å². The Morgan fingerprint density at radius 3 is 2.38 bits per heavy atom. The number of rotatable bonds is 8. The van der Waals surface area contributed by atoms with E-state index >= 15 is 0 Å². The highest BCUT2D eigenvalue weighted by atomic mass is 32.1. The third-order valence-corrected chi connectivity index (χ3v) is 5.93. The van der Waals surface area contributed by atoms with E-state index in [0.717, 1.165) is 33.6 Å². The number of nitrogens with one attached hydrogen (secondary N) is 1. The number of hydrogen-bond acceptors (Lipinski definition) is 6. The molecule has 1 heterocycles. The van der Waals surface area contributed by atoms with Gasteiger partial charge in [0.1, 0.15) is 5.00 Å². The fraction of sp³-hybridized carbons (Fsp3) is 0.409. The van der Waals surface area contributed by atoms with Gasteiger partial charge >= 0.3 is 11.9 Å². The fourth-order valence-corrected chi connectivity index (χ4v) is 4.02. The predicted octanol–water partition coefficient (Wildman–Crippen LogP) is 4.14. The number of ether oxygens (including phenoxy) is 2. The van der Waals surface area contributed by atoms with Crippen LogP contribution in [-0.4, -0.2) is 31.1 Å². The molecule has 1 aromatic heterocycles. The average Bonchev–Trinajstić information content (AvgIpc) is 2.98. The van der Waals surface area contributed by atoms with Gasteiger partial charge in [-0.2, -0.15) is 0 Å². The fourth-order valence-electron chi connectivity index (χ4n) is 2.87. The maximum Gasteiger partial charge on any atom is 0.341 e. The predicted molar refractivity (Wildman–Crippen MR) is 114 cm³/mol. The molecule has 0 aliphatic rings. The second-order valence-corrected chi connectivity index (χ2v) is 7.84. The lowest BCUT2D eigenvalue weighted by molar-refractivity contribution is -0.146. The van der Waals surface area contributed by atoms with Crippen LogP contribution in [0.15, 0.2) is 18.2 Å². The van der Waals surface area contributed by atoms with Crippen LogP contribution < -0.4 is 5.32 Å². The van der Waals surface area contributed by atoms with Crippen molar-refractivity contribution in [2.45, 2.75) is 47.5 Å². The molecule has 29 heavy (non-hydrogen) atoms.